The zero-order valence-electron chi connectivity index (χ0n) is 14.3. The number of rotatable bonds is 8. The van der Waals surface area contributed by atoms with E-state index in [0.29, 0.717) is 6.54 Å². The molecule has 0 fully saturated rings. The van der Waals surface area contributed by atoms with Crippen LogP contribution in [-0.2, 0) is 5.54 Å². The number of aliphatic hydroxyl groups is 1. The van der Waals surface area contributed by atoms with Crippen molar-refractivity contribution in [2.75, 3.05) is 13.2 Å². The van der Waals surface area contributed by atoms with Crippen LogP contribution in [0.25, 0.3) is 0 Å². The molecule has 2 unspecified atom stereocenters. The van der Waals surface area contributed by atoms with E-state index < -0.39 is 6.10 Å². The number of aromatic nitrogens is 1. The van der Waals surface area contributed by atoms with E-state index in [1.165, 1.54) is 5.56 Å². The fraction of sp³-hybridized carbons (Fsp3) is 0.500. The molecule has 0 bridgehead atoms. The van der Waals surface area contributed by atoms with Gasteiger partial charge >= 0.3 is 0 Å². The Hall–Kier alpha value is -1.43. The molecular weight excluding hydrogens is 308 g/mol. The molecule has 0 amide bonds. The van der Waals surface area contributed by atoms with Gasteiger partial charge in [0, 0.05) is 18.1 Å². The van der Waals surface area contributed by atoms with Crippen molar-refractivity contribution in [3.05, 3.63) is 45.9 Å². The first-order chi connectivity index (χ1) is 10.9. The predicted molar refractivity (Wildman–Crippen MR) is 95.2 cm³/mol. The quantitative estimate of drug-likeness (QED) is 0.777. The lowest BCUT2D eigenvalue weighted by atomic mass is 9.99. The van der Waals surface area contributed by atoms with Gasteiger partial charge in [0.25, 0.3) is 0 Å². The summed E-state index contributed by atoms with van der Waals surface area (Å²) in [5.41, 5.74) is 2.08. The first-order valence-electron chi connectivity index (χ1n) is 7.97. The van der Waals surface area contributed by atoms with Gasteiger partial charge in [0.2, 0.25) is 0 Å². The van der Waals surface area contributed by atoms with Crippen LogP contribution in [0.3, 0.4) is 0 Å². The molecule has 0 aliphatic heterocycles. The summed E-state index contributed by atoms with van der Waals surface area (Å²) in [5.74, 6) is 0.827. The molecule has 0 spiro atoms. The molecule has 0 saturated carbocycles. The van der Waals surface area contributed by atoms with Crippen LogP contribution in [0.15, 0.2) is 29.8 Å². The molecule has 126 valence electrons. The van der Waals surface area contributed by atoms with Gasteiger partial charge in [-0.15, -0.1) is 11.3 Å². The lowest BCUT2D eigenvalue weighted by Gasteiger charge is -2.29. The average Bonchev–Trinajstić information content (AvgIpc) is 3.07. The summed E-state index contributed by atoms with van der Waals surface area (Å²) in [6.07, 6.45) is 2.15. The molecule has 1 aromatic heterocycles. The molecule has 0 aliphatic carbocycles. The van der Waals surface area contributed by atoms with Gasteiger partial charge in [-0.25, -0.2) is 4.98 Å². The van der Waals surface area contributed by atoms with Crippen LogP contribution >= 0.6 is 11.3 Å². The second-order valence-electron chi connectivity index (χ2n) is 6.14. The van der Waals surface area contributed by atoms with Crippen molar-refractivity contribution < 1.29 is 9.84 Å². The van der Waals surface area contributed by atoms with Crippen molar-refractivity contribution in [1.82, 2.24) is 10.3 Å². The largest absolute Gasteiger partial charge is 0.491 e. The molecule has 2 N–H and O–H groups in total. The zero-order valence-corrected chi connectivity index (χ0v) is 15.1. The van der Waals surface area contributed by atoms with E-state index in [1.54, 1.807) is 11.3 Å². The molecule has 0 saturated heterocycles. The van der Waals surface area contributed by atoms with Gasteiger partial charge < -0.3 is 15.2 Å². The Kier molecular flexibility index (Phi) is 6.16. The van der Waals surface area contributed by atoms with E-state index in [9.17, 15) is 5.11 Å². The maximum absolute atomic E-state index is 10.2. The molecule has 5 heteroatoms. The number of nitrogens with one attached hydrogen (secondary N) is 1. The topological polar surface area (TPSA) is 54.4 Å². The van der Waals surface area contributed by atoms with Crippen molar-refractivity contribution in [2.45, 2.75) is 45.8 Å². The Morgan fingerprint density at radius 3 is 2.78 bits per heavy atom. The summed E-state index contributed by atoms with van der Waals surface area (Å²) >= 11 is 1.63. The number of hydrogen-bond acceptors (Lipinski definition) is 5. The summed E-state index contributed by atoms with van der Waals surface area (Å²) in [7, 11) is 0. The van der Waals surface area contributed by atoms with E-state index in [-0.39, 0.29) is 12.1 Å². The van der Waals surface area contributed by atoms with Crippen molar-refractivity contribution in [1.29, 1.82) is 0 Å². The van der Waals surface area contributed by atoms with Gasteiger partial charge in [0.15, 0.2) is 0 Å². The second-order valence-corrected chi connectivity index (χ2v) is 7.03. The van der Waals surface area contributed by atoms with E-state index >= 15 is 0 Å². The highest BCUT2D eigenvalue weighted by molar-refractivity contribution is 7.09. The Morgan fingerprint density at radius 2 is 2.17 bits per heavy atom. The third-order valence-corrected chi connectivity index (χ3v) is 5.14. The summed E-state index contributed by atoms with van der Waals surface area (Å²) in [6, 6.07) is 6.05. The van der Waals surface area contributed by atoms with Crippen LogP contribution in [0.2, 0.25) is 0 Å². The summed E-state index contributed by atoms with van der Waals surface area (Å²) in [6.45, 7) is 9.04. The molecule has 2 aromatic rings. The van der Waals surface area contributed by atoms with Gasteiger partial charge in [-0.05, 0) is 38.8 Å². The van der Waals surface area contributed by atoms with Gasteiger partial charge in [-0.2, -0.15) is 0 Å². The monoisotopic (exact) mass is 334 g/mol. The predicted octanol–water partition coefficient (Wildman–Crippen LogP) is 3.41. The number of thiazole rings is 1. The molecule has 0 radical (unpaired) electrons. The Labute approximate surface area is 142 Å². The smallest absolute Gasteiger partial charge is 0.122 e. The van der Waals surface area contributed by atoms with Crippen molar-refractivity contribution in [3.8, 4) is 5.75 Å². The highest BCUT2D eigenvalue weighted by atomic mass is 32.1. The van der Waals surface area contributed by atoms with Crippen LogP contribution in [0.5, 0.6) is 5.75 Å². The lowest BCUT2D eigenvalue weighted by Crippen LogP contribution is -2.44. The standard InChI is InChI=1S/C18H26N2O2S/c1-5-18(4,17-19-8-9-23-17)20-11-15(21)12-22-16-7-6-13(2)10-14(16)3/h6-10,15,20-21H,5,11-12H2,1-4H3. The molecule has 1 aromatic carbocycles. The molecule has 23 heavy (non-hydrogen) atoms. The minimum Gasteiger partial charge on any atom is -0.491 e. The average molecular weight is 334 g/mol. The van der Waals surface area contributed by atoms with Gasteiger partial charge in [-0.3, -0.25) is 0 Å². The number of benzene rings is 1. The highest BCUT2D eigenvalue weighted by Crippen LogP contribution is 2.26. The maximum atomic E-state index is 10.2. The third-order valence-electron chi connectivity index (χ3n) is 4.10. The third kappa shape index (κ3) is 4.77. The SMILES string of the molecule is CCC(C)(NCC(O)COc1ccc(C)cc1C)c1nccs1. The van der Waals surface area contributed by atoms with Crippen molar-refractivity contribution in [3.63, 3.8) is 0 Å². The van der Waals surface area contributed by atoms with Gasteiger partial charge in [0.1, 0.15) is 23.5 Å². The van der Waals surface area contributed by atoms with Gasteiger partial charge in [-0.1, -0.05) is 24.6 Å². The normalized spacial score (nSPS) is 15.2. The first kappa shape index (κ1) is 17.9. The lowest BCUT2D eigenvalue weighted by molar-refractivity contribution is 0.0966. The van der Waals surface area contributed by atoms with E-state index in [4.69, 9.17) is 4.74 Å². The van der Waals surface area contributed by atoms with Crippen LogP contribution < -0.4 is 10.1 Å². The fourth-order valence-electron chi connectivity index (χ4n) is 2.40. The number of nitrogens with zero attached hydrogens (tertiary/aromatic N) is 1. The molecule has 1 heterocycles. The number of ether oxygens (including phenoxy) is 1. The van der Waals surface area contributed by atoms with E-state index in [0.717, 1.165) is 22.7 Å². The van der Waals surface area contributed by atoms with E-state index in [2.05, 4.69) is 37.1 Å². The van der Waals surface area contributed by atoms with Crippen LogP contribution in [-0.4, -0.2) is 29.3 Å². The summed E-state index contributed by atoms with van der Waals surface area (Å²) in [4.78, 5) is 4.39. The second kappa shape index (κ2) is 7.90. The summed E-state index contributed by atoms with van der Waals surface area (Å²) in [5, 5.41) is 16.7. The Bertz CT molecular complexity index is 615. The number of aryl methyl sites for hydroxylation is 2. The minimum absolute atomic E-state index is 0.213. The minimum atomic E-state index is -0.568. The van der Waals surface area contributed by atoms with Gasteiger partial charge in [0.05, 0.1) is 5.54 Å². The van der Waals surface area contributed by atoms with Crippen LogP contribution in [0.1, 0.15) is 36.4 Å². The van der Waals surface area contributed by atoms with Crippen LogP contribution in [0.4, 0.5) is 0 Å². The zero-order chi connectivity index (χ0) is 16.9. The molecule has 4 nitrogen and oxygen atoms in total. The van der Waals surface area contributed by atoms with E-state index in [1.807, 2.05) is 30.6 Å². The molecule has 2 atom stereocenters. The molecular formula is C18H26N2O2S. The number of hydrogen-bond donors (Lipinski definition) is 2. The maximum Gasteiger partial charge on any atom is 0.122 e. The number of aliphatic hydroxyl groups excluding tert-OH is 1. The highest BCUT2D eigenvalue weighted by Gasteiger charge is 2.27. The Morgan fingerprint density at radius 1 is 1.39 bits per heavy atom. The van der Waals surface area contributed by atoms with Crippen LogP contribution in [0, 0.1) is 13.8 Å². The molecule has 2 rings (SSSR count). The van der Waals surface area contributed by atoms with Crippen molar-refractivity contribution >= 4 is 11.3 Å². The first-order valence-corrected chi connectivity index (χ1v) is 8.85. The summed E-state index contributed by atoms with van der Waals surface area (Å²) < 4.78 is 5.74. The fourth-order valence-corrected chi connectivity index (χ4v) is 3.25. The Balaban J connectivity index is 1.86. The van der Waals surface area contributed by atoms with Crippen molar-refractivity contribution in [2.24, 2.45) is 0 Å². The molecule has 0 aliphatic rings.